The molecular weight excluding hydrogens is 146 g/mol. The maximum Gasteiger partial charge on any atom is 0.199 e. The summed E-state index contributed by atoms with van der Waals surface area (Å²) in [6.07, 6.45) is 3.94. The summed E-state index contributed by atoms with van der Waals surface area (Å²) in [5, 5.41) is 0. The van der Waals surface area contributed by atoms with Crippen LogP contribution in [0.4, 0.5) is 0 Å². The van der Waals surface area contributed by atoms with Gasteiger partial charge in [0.05, 0.1) is 6.33 Å². The number of nitrogens with one attached hydrogen (secondary N) is 1. The predicted molar refractivity (Wildman–Crippen MR) is 41.1 cm³/mol. The second-order valence-corrected chi connectivity index (χ2v) is 2.12. The van der Waals surface area contributed by atoms with Gasteiger partial charge < -0.3 is 4.98 Å². The Morgan fingerprint density at radius 3 is 3.20 bits per heavy atom. The molecule has 0 aliphatic rings. The third kappa shape index (κ3) is 1.73. The van der Waals surface area contributed by atoms with Gasteiger partial charge in [0.15, 0.2) is 4.77 Å². The maximum absolute atomic E-state index is 4.77. The Hall–Kier alpha value is -1.03. The van der Waals surface area contributed by atoms with Crippen LogP contribution in [0.15, 0.2) is 19.0 Å². The van der Waals surface area contributed by atoms with Crippen molar-refractivity contribution in [2.45, 2.75) is 6.42 Å². The predicted octanol–water partition coefficient (Wildman–Crippen LogP) is 1.26. The average Bonchev–Trinajstić information content (AvgIpc) is 1.88. The molecule has 52 valence electrons. The zero-order valence-electron chi connectivity index (χ0n) is 5.37. The minimum absolute atomic E-state index is 0.465. The van der Waals surface area contributed by atoms with Crippen LogP contribution in [0.25, 0.3) is 0 Å². The first-order valence-electron chi connectivity index (χ1n) is 2.84. The van der Waals surface area contributed by atoms with Crippen molar-refractivity contribution in [3.8, 4) is 0 Å². The number of aromatic amines is 1. The van der Waals surface area contributed by atoms with E-state index in [-0.39, 0.29) is 0 Å². The standard InChI is InChI=1S/C6H7N3S/c1-2-3-5-7-4-8-6(10)9-5/h2,4H,1,3H2,(H,7,8,9,10). The van der Waals surface area contributed by atoms with Crippen molar-refractivity contribution in [3.63, 3.8) is 0 Å². The fourth-order valence-electron chi connectivity index (χ4n) is 0.568. The normalized spacial score (nSPS) is 9.20. The van der Waals surface area contributed by atoms with Crippen molar-refractivity contribution in [1.29, 1.82) is 0 Å². The highest BCUT2D eigenvalue weighted by Gasteiger charge is 1.88. The van der Waals surface area contributed by atoms with Crippen LogP contribution in [0.1, 0.15) is 5.82 Å². The lowest BCUT2D eigenvalue weighted by Crippen LogP contribution is -1.93. The molecule has 1 aromatic rings. The van der Waals surface area contributed by atoms with E-state index in [0.29, 0.717) is 17.0 Å². The first-order valence-corrected chi connectivity index (χ1v) is 3.25. The fourth-order valence-corrected chi connectivity index (χ4v) is 0.726. The van der Waals surface area contributed by atoms with E-state index in [1.165, 1.54) is 6.33 Å². The number of rotatable bonds is 2. The van der Waals surface area contributed by atoms with E-state index in [9.17, 15) is 0 Å². The lowest BCUT2D eigenvalue weighted by molar-refractivity contribution is 0.918. The summed E-state index contributed by atoms with van der Waals surface area (Å²) in [6.45, 7) is 3.56. The first kappa shape index (κ1) is 7.08. The molecule has 0 spiro atoms. The molecule has 0 radical (unpaired) electrons. The van der Waals surface area contributed by atoms with Crippen LogP contribution in [-0.2, 0) is 6.42 Å². The second-order valence-electron chi connectivity index (χ2n) is 1.73. The molecule has 1 rings (SSSR count). The quantitative estimate of drug-likeness (QED) is 0.513. The Bertz CT molecular complexity index is 278. The van der Waals surface area contributed by atoms with Gasteiger partial charge in [-0.25, -0.2) is 9.97 Å². The van der Waals surface area contributed by atoms with Gasteiger partial charge in [0, 0.05) is 6.42 Å². The lowest BCUT2D eigenvalue weighted by Gasteiger charge is -1.90. The van der Waals surface area contributed by atoms with E-state index in [2.05, 4.69) is 21.5 Å². The topological polar surface area (TPSA) is 41.6 Å². The summed E-state index contributed by atoms with van der Waals surface area (Å²) in [4.78, 5) is 10.6. The molecule has 0 saturated carbocycles. The lowest BCUT2D eigenvalue weighted by atomic mass is 10.4. The van der Waals surface area contributed by atoms with E-state index >= 15 is 0 Å². The molecule has 1 N–H and O–H groups in total. The average molecular weight is 153 g/mol. The molecule has 0 atom stereocenters. The van der Waals surface area contributed by atoms with Gasteiger partial charge in [-0.3, -0.25) is 0 Å². The van der Waals surface area contributed by atoms with Crippen LogP contribution in [0.2, 0.25) is 0 Å². The van der Waals surface area contributed by atoms with Crippen LogP contribution >= 0.6 is 12.2 Å². The van der Waals surface area contributed by atoms with Crippen LogP contribution < -0.4 is 0 Å². The molecule has 3 nitrogen and oxygen atoms in total. The van der Waals surface area contributed by atoms with Crippen molar-refractivity contribution in [3.05, 3.63) is 29.6 Å². The number of H-pyrrole nitrogens is 1. The Morgan fingerprint density at radius 2 is 2.60 bits per heavy atom. The summed E-state index contributed by atoms with van der Waals surface area (Å²) in [6, 6.07) is 0. The number of nitrogens with zero attached hydrogens (tertiary/aromatic N) is 2. The smallest absolute Gasteiger partial charge is 0.199 e. The maximum atomic E-state index is 4.77. The third-order valence-electron chi connectivity index (χ3n) is 0.959. The van der Waals surface area contributed by atoms with Gasteiger partial charge in [-0.2, -0.15) is 0 Å². The van der Waals surface area contributed by atoms with Gasteiger partial charge in [-0.15, -0.1) is 6.58 Å². The summed E-state index contributed by atoms with van der Waals surface area (Å²) < 4.78 is 0.465. The van der Waals surface area contributed by atoms with Gasteiger partial charge in [0.1, 0.15) is 5.82 Å². The van der Waals surface area contributed by atoms with Crippen molar-refractivity contribution < 1.29 is 0 Å². The van der Waals surface area contributed by atoms with E-state index < -0.39 is 0 Å². The largest absolute Gasteiger partial charge is 0.322 e. The summed E-state index contributed by atoms with van der Waals surface area (Å²) >= 11 is 4.77. The van der Waals surface area contributed by atoms with E-state index in [4.69, 9.17) is 12.2 Å². The minimum Gasteiger partial charge on any atom is -0.322 e. The van der Waals surface area contributed by atoms with Gasteiger partial charge in [-0.1, -0.05) is 6.08 Å². The molecule has 0 bridgehead atoms. The molecule has 10 heavy (non-hydrogen) atoms. The minimum atomic E-state index is 0.465. The zero-order valence-corrected chi connectivity index (χ0v) is 6.19. The first-order chi connectivity index (χ1) is 4.83. The summed E-state index contributed by atoms with van der Waals surface area (Å²) in [7, 11) is 0. The van der Waals surface area contributed by atoms with Crippen molar-refractivity contribution in [2.75, 3.05) is 0 Å². The number of hydrogen-bond acceptors (Lipinski definition) is 3. The molecule has 4 heteroatoms. The van der Waals surface area contributed by atoms with Crippen LogP contribution in [0.3, 0.4) is 0 Å². The third-order valence-corrected chi connectivity index (χ3v) is 1.17. The number of hydrogen-bond donors (Lipinski definition) is 1. The molecule has 1 aromatic heterocycles. The monoisotopic (exact) mass is 153 g/mol. The highest BCUT2D eigenvalue weighted by Crippen LogP contribution is 1.87. The van der Waals surface area contributed by atoms with Gasteiger partial charge >= 0.3 is 0 Å². The van der Waals surface area contributed by atoms with Crippen LogP contribution in [0.5, 0.6) is 0 Å². The highest BCUT2D eigenvalue weighted by atomic mass is 32.1. The Morgan fingerprint density at radius 1 is 1.80 bits per heavy atom. The van der Waals surface area contributed by atoms with Gasteiger partial charge in [0.25, 0.3) is 0 Å². The highest BCUT2D eigenvalue weighted by molar-refractivity contribution is 7.71. The Balaban J connectivity index is 2.95. The molecule has 1 heterocycles. The molecule has 0 fully saturated rings. The number of aromatic nitrogens is 3. The SMILES string of the molecule is C=CCc1nc[nH]c(=S)n1. The molecule has 0 aliphatic carbocycles. The van der Waals surface area contributed by atoms with Crippen molar-refractivity contribution in [1.82, 2.24) is 15.0 Å². The Kier molecular flexibility index (Phi) is 2.28. The summed E-state index contributed by atoms with van der Waals surface area (Å²) in [5.41, 5.74) is 0. The van der Waals surface area contributed by atoms with E-state index in [1.54, 1.807) is 6.08 Å². The molecule has 0 amide bonds. The molecule has 0 saturated heterocycles. The zero-order chi connectivity index (χ0) is 7.40. The van der Waals surface area contributed by atoms with E-state index in [0.717, 1.165) is 0 Å². The summed E-state index contributed by atoms with van der Waals surface area (Å²) in [5.74, 6) is 0.707. The van der Waals surface area contributed by atoms with Crippen LogP contribution in [0, 0.1) is 4.77 Å². The molecular formula is C6H7N3S. The van der Waals surface area contributed by atoms with Gasteiger partial charge in [0.2, 0.25) is 0 Å². The van der Waals surface area contributed by atoms with Crippen molar-refractivity contribution >= 4 is 12.2 Å². The molecule has 0 aromatic carbocycles. The number of allylic oxidation sites excluding steroid dienone is 1. The molecule has 0 unspecified atom stereocenters. The van der Waals surface area contributed by atoms with Crippen LogP contribution in [-0.4, -0.2) is 15.0 Å². The fraction of sp³-hybridized carbons (Fsp3) is 0.167. The van der Waals surface area contributed by atoms with Crippen molar-refractivity contribution in [2.24, 2.45) is 0 Å². The van der Waals surface area contributed by atoms with Gasteiger partial charge in [-0.05, 0) is 12.2 Å². The Labute approximate surface area is 63.9 Å². The van der Waals surface area contributed by atoms with E-state index in [1.807, 2.05) is 0 Å². The second kappa shape index (κ2) is 3.22. The molecule has 0 aliphatic heterocycles.